The van der Waals surface area contributed by atoms with Crippen molar-refractivity contribution in [2.75, 3.05) is 0 Å². The van der Waals surface area contributed by atoms with E-state index in [1.54, 1.807) is 12.4 Å². The predicted octanol–water partition coefficient (Wildman–Crippen LogP) is 2.91. The maximum absolute atomic E-state index is 5.61. The summed E-state index contributed by atoms with van der Waals surface area (Å²) in [5.74, 6) is 0.646. The molecule has 100 valence electrons. The number of benzene rings is 1. The molecule has 2 heterocycles. The highest BCUT2D eigenvalue weighted by molar-refractivity contribution is 5.23. The molecular weight excluding hydrogens is 250 g/mol. The van der Waals surface area contributed by atoms with Gasteiger partial charge < -0.3 is 4.74 Å². The van der Waals surface area contributed by atoms with Gasteiger partial charge >= 0.3 is 0 Å². The fraction of sp³-hybridized carbons (Fsp3) is 0.125. The third-order valence-electron chi connectivity index (χ3n) is 2.95. The zero-order valence-electron chi connectivity index (χ0n) is 11.0. The summed E-state index contributed by atoms with van der Waals surface area (Å²) < 4.78 is 7.51. The average molecular weight is 265 g/mol. The van der Waals surface area contributed by atoms with E-state index in [9.17, 15) is 0 Å². The Morgan fingerprint density at radius 2 is 1.75 bits per heavy atom. The Kier molecular flexibility index (Phi) is 3.73. The molecule has 4 nitrogen and oxygen atoms in total. The number of hydrogen-bond acceptors (Lipinski definition) is 3. The number of hydrogen-bond donors (Lipinski definition) is 0. The van der Waals surface area contributed by atoms with Crippen molar-refractivity contribution in [3.63, 3.8) is 0 Å². The molecule has 0 saturated carbocycles. The molecule has 1 aromatic carbocycles. The second-order valence-corrected chi connectivity index (χ2v) is 4.48. The van der Waals surface area contributed by atoms with Crippen LogP contribution in [0.2, 0.25) is 0 Å². The number of rotatable bonds is 5. The van der Waals surface area contributed by atoms with Crippen LogP contribution in [0.1, 0.15) is 11.1 Å². The van der Waals surface area contributed by atoms with Crippen LogP contribution in [0.4, 0.5) is 0 Å². The van der Waals surface area contributed by atoms with E-state index < -0.39 is 0 Å². The van der Waals surface area contributed by atoms with Crippen molar-refractivity contribution in [2.24, 2.45) is 0 Å². The molecule has 0 radical (unpaired) electrons. The van der Waals surface area contributed by atoms with Gasteiger partial charge in [0.2, 0.25) is 5.88 Å². The lowest BCUT2D eigenvalue weighted by Crippen LogP contribution is -2.01. The Morgan fingerprint density at radius 1 is 0.900 bits per heavy atom. The molecular formula is C16H15N3O. The highest BCUT2D eigenvalue weighted by atomic mass is 16.5. The maximum Gasteiger partial charge on any atom is 0.213 e. The smallest absolute Gasteiger partial charge is 0.213 e. The monoisotopic (exact) mass is 265 g/mol. The van der Waals surface area contributed by atoms with E-state index >= 15 is 0 Å². The van der Waals surface area contributed by atoms with Crippen molar-refractivity contribution < 1.29 is 4.74 Å². The molecule has 3 rings (SSSR count). The molecule has 0 aliphatic heterocycles. The van der Waals surface area contributed by atoms with Crippen molar-refractivity contribution in [3.8, 4) is 5.88 Å². The van der Waals surface area contributed by atoms with Gasteiger partial charge in [0.25, 0.3) is 0 Å². The molecule has 20 heavy (non-hydrogen) atoms. The van der Waals surface area contributed by atoms with Gasteiger partial charge in [0, 0.05) is 24.7 Å². The molecule has 0 saturated heterocycles. The first kappa shape index (κ1) is 12.4. The minimum atomic E-state index is 0.527. The number of ether oxygens (including phenoxy) is 1. The largest absolute Gasteiger partial charge is 0.473 e. The van der Waals surface area contributed by atoms with Crippen LogP contribution in [0.3, 0.4) is 0 Å². The van der Waals surface area contributed by atoms with Crippen molar-refractivity contribution in [2.45, 2.75) is 13.2 Å². The topological polar surface area (TPSA) is 39.9 Å². The van der Waals surface area contributed by atoms with Gasteiger partial charge in [0.05, 0.1) is 6.54 Å². The molecule has 2 aromatic heterocycles. The minimum Gasteiger partial charge on any atom is -0.473 e. The Balaban J connectivity index is 1.59. The summed E-state index contributed by atoms with van der Waals surface area (Å²) in [6, 6.07) is 15.9. The molecule has 0 amide bonds. The zero-order chi connectivity index (χ0) is 13.6. The van der Waals surface area contributed by atoms with E-state index in [4.69, 9.17) is 4.74 Å². The first-order chi connectivity index (χ1) is 9.90. The molecule has 3 aromatic rings. The van der Waals surface area contributed by atoms with Gasteiger partial charge in [-0.2, -0.15) is 5.10 Å². The molecule has 0 unspecified atom stereocenters. The molecule has 0 spiro atoms. The fourth-order valence-electron chi connectivity index (χ4n) is 1.91. The van der Waals surface area contributed by atoms with Crippen LogP contribution in [-0.4, -0.2) is 14.8 Å². The van der Waals surface area contributed by atoms with E-state index in [-0.39, 0.29) is 0 Å². The Morgan fingerprint density at radius 3 is 2.45 bits per heavy atom. The lowest BCUT2D eigenvalue weighted by Gasteiger charge is -2.06. The van der Waals surface area contributed by atoms with Crippen LogP contribution >= 0.6 is 0 Å². The second-order valence-electron chi connectivity index (χ2n) is 4.48. The summed E-state index contributed by atoms with van der Waals surface area (Å²) in [5.41, 5.74) is 2.34. The number of nitrogens with zero attached hydrogens (tertiary/aromatic N) is 3. The van der Waals surface area contributed by atoms with Crippen molar-refractivity contribution in [3.05, 3.63) is 78.2 Å². The van der Waals surface area contributed by atoms with Crippen LogP contribution in [0.5, 0.6) is 5.88 Å². The normalized spacial score (nSPS) is 10.4. The predicted molar refractivity (Wildman–Crippen MR) is 76.3 cm³/mol. The third kappa shape index (κ3) is 3.23. The van der Waals surface area contributed by atoms with E-state index in [0.29, 0.717) is 12.5 Å². The molecule has 0 aliphatic rings. The Hall–Kier alpha value is -2.62. The molecule has 0 fully saturated rings. The van der Waals surface area contributed by atoms with Crippen LogP contribution < -0.4 is 4.74 Å². The van der Waals surface area contributed by atoms with Gasteiger partial charge in [-0.1, -0.05) is 30.3 Å². The fourth-order valence-corrected chi connectivity index (χ4v) is 1.91. The summed E-state index contributed by atoms with van der Waals surface area (Å²) >= 11 is 0. The number of aromatic nitrogens is 3. The van der Waals surface area contributed by atoms with Gasteiger partial charge in [-0.3, -0.25) is 4.68 Å². The van der Waals surface area contributed by atoms with E-state index in [1.165, 1.54) is 5.56 Å². The molecule has 0 N–H and O–H groups in total. The summed E-state index contributed by atoms with van der Waals surface area (Å²) in [4.78, 5) is 4.13. The highest BCUT2D eigenvalue weighted by Crippen LogP contribution is 2.10. The second kappa shape index (κ2) is 6.02. The van der Waals surface area contributed by atoms with E-state index in [1.807, 2.05) is 35.1 Å². The van der Waals surface area contributed by atoms with Gasteiger partial charge in [-0.15, -0.1) is 0 Å². The first-order valence-electron chi connectivity index (χ1n) is 6.49. The van der Waals surface area contributed by atoms with Crippen LogP contribution in [0.15, 0.2) is 67.1 Å². The summed E-state index contributed by atoms with van der Waals surface area (Å²) in [6.45, 7) is 1.31. The average Bonchev–Trinajstić information content (AvgIpc) is 3.01. The number of pyridine rings is 1. The van der Waals surface area contributed by atoms with Crippen molar-refractivity contribution in [1.29, 1.82) is 0 Å². The van der Waals surface area contributed by atoms with Gasteiger partial charge in [0.1, 0.15) is 6.61 Å². The molecule has 0 atom stereocenters. The summed E-state index contributed by atoms with van der Waals surface area (Å²) in [7, 11) is 0. The zero-order valence-corrected chi connectivity index (χ0v) is 11.0. The van der Waals surface area contributed by atoms with Gasteiger partial charge in [-0.25, -0.2) is 4.98 Å². The SMILES string of the molecule is c1ccc(OCc2ccc(Cn3cccn3)cc2)nc1. The van der Waals surface area contributed by atoms with Crippen LogP contribution in [-0.2, 0) is 13.2 Å². The summed E-state index contributed by atoms with van der Waals surface area (Å²) in [5, 5.41) is 4.19. The van der Waals surface area contributed by atoms with Crippen molar-refractivity contribution in [1.82, 2.24) is 14.8 Å². The Labute approximate surface area is 117 Å². The molecule has 0 bridgehead atoms. The quantitative estimate of drug-likeness (QED) is 0.712. The van der Waals surface area contributed by atoms with Crippen LogP contribution in [0, 0.1) is 0 Å². The van der Waals surface area contributed by atoms with Crippen molar-refractivity contribution >= 4 is 0 Å². The summed E-state index contributed by atoms with van der Waals surface area (Å²) in [6.07, 6.45) is 5.47. The van der Waals surface area contributed by atoms with E-state index in [0.717, 1.165) is 12.1 Å². The maximum atomic E-state index is 5.61. The molecule has 4 heteroatoms. The minimum absolute atomic E-state index is 0.527. The van der Waals surface area contributed by atoms with Crippen LogP contribution in [0.25, 0.3) is 0 Å². The highest BCUT2D eigenvalue weighted by Gasteiger charge is 1.98. The lowest BCUT2D eigenvalue weighted by molar-refractivity contribution is 0.294. The first-order valence-corrected chi connectivity index (χ1v) is 6.49. The Bertz CT molecular complexity index is 633. The standard InChI is InChI=1S/C16H15N3O/c1-2-9-17-16(4-1)20-13-15-7-5-14(6-8-15)12-19-11-3-10-18-19/h1-11H,12-13H2. The van der Waals surface area contributed by atoms with E-state index in [2.05, 4.69) is 34.3 Å². The van der Waals surface area contributed by atoms with Gasteiger partial charge in [0.15, 0.2) is 0 Å². The third-order valence-corrected chi connectivity index (χ3v) is 2.95. The molecule has 0 aliphatic carbocycles. The van der Waals surface area contributed by atoms with Gasteiger partial charge in [-0.05, 0) is 23.3 Å². The lowest BCUT2D eigenvalue weighted by atomic mass is 10.1.